The second-order valence-electron chi connectivity index (χ2n) is 11.5. The molecule has 0 unspecified atom stereocenters. The zero-order valence-electron chi connectivity index (χ0n) is 20.7. The minimum atomic E-state index is -0.595. The molecule has 186 valence electrons. The molecule has 2 aromatic rings. The summed E-state index contributed by atoms with van der Waals surface area (Å²) in [5, 5.41) is 4.40. The van der Waals surface area contributed by atoms with Gasteiger partial charge in [0.2, 0.25) is 0 Å². The second-order valence-corrected chi connectivity index (χ2v) is 11.5. The van der Waals surface area contributed by atoms with Crippen LogP contribution in [0.5, 0.6) is 5.75 Å². The Hall–Kier alpha value is -2.67. The van der Waals surface area contributed by atoms with Crippen LogP contribution in [0.15, 0.2) is 30.6 Å². The summed E-state index contributed by atoms with van der Waals surface area (Å²) in [6.07, 6.45) is 13.5. The van der Waals surface area contributed by atoms with Gasteiger partial charge in [-0.15, -0.1) is 0 Å². The number of hydrogen-bond acceptors (Lipinski definition) is 5. The first-order valence-corrected chi connectivity index (χ1v) is 13.3. The molecule has 0 spiro atoms. The second kappa shape index (κ2) is 9.08. The van der Waals surface area contributed by atoms with Crippen molar-refractivity contribution in [3.8, 4) is 5.75 Å². The molecule has 0 radical (unpaired) electrons. The molecule has 1 aromatic carbocycles. The van der Waals surface area contributed by atoms with Crippen LogP contribution in [-0.2, 0) is 9.59 Å². The van der Waals surface area contributed by atoms with E-state index in [0.29, 0.717) is 29.9 Å². The van der Waals surface area contributed by atoms with Gasteiger partial charge in [-0.2, -0.15) is 0 Å². The van der Waals surface area contributed by atoms with E-state index in [2.05, 4.69) is 15.2 Å². The SMILES string of the molecule is COc1ccc(NC(=O)C(=O)N2CCN(CCC34CC5CC(CC(C5)C3)C4)CC2)c2cnccc12. The molecule has 1 N–H and O–H groups in total. The summed E-state index contributed by atoms with van der Waals surface area (Å²) in [4.78, 5) is 34.1. The van der Waals surface area contributed by atoms with E-state index in [-0.39, 0.29) is 0 Å². The highest BCUT2D eigenvalue weighted by Gasteiger charge is 2.50. The van der Waals surface area contributed by atoms with Gasteiger partial charge in [0.15, 0.2) is 0 Å². The first-order chi connectivity index (χ1) is 17.0. The van der Waals surface area contributed by atoms with E-state index < -0.39 is 11.8 Å². The van der Waals surface area contributed by atoms with Crippen molar-refractivity contribution >= 4 is 28.3 Å². The fourth-order valence-electron chi connectivity index (χ4n) is 7.93. The van der Waals surface area contributed by atoms with Gasteiger partial charge in [-0.25, -0.2) is 0 Å². The van der Waals surface area contributed by atoms with E-state index in [9.17, 15) is 9.59 Å². The van der Waals surface area contributed by atoms with Crippen LogP contribution in [-0.4, -0.2) is 66.4 Å². The molecule has 4 bridgehead atoms. The van der Waals surface area contributed by atoms with Crippen molar-refractivity contribution in [1.29, 1.82) is 0 Å². The maximum absolute atomic E-state index is 12.9. The Balaban J connectivity index is 1.02. The van der Waals surface area contributed by atoms with Gasteiger partial charge in [0.25, 0.3) is 0 Å². The van der Waals surface area contributed by atoms with E-state index in [1.807, 2.05) is 6.07 Å². The van der Waals surface area contributed by atoms with Crippen LogP contribution in [0.1, 0.15) is 44.9 Å². The fourth-order valence-corrected chi connectivity index (χ4v) is 7.93. The van der Waals surface area contributed by atoms with Crippen LogP contribution < -0.4 is 10.1 Å². The molecular formula is C28H36N4O3. The van der Waals surface area contributed by atoms with Crippen molar-refractivity contribution in [2.75, 3.05) is 45.2 Å². The van der Waals surface area contributed by atoms with Gasteiger partial charge < -0.3 is 15.0 Å². The lowest BCUT2D eigenvalue weighted by Gasteiger charge is -2.57. The molecule has 35 heavy (non-hydrogen) atoms. The average molecular weight is 477 g/mol. The van der Waals surface area contributed by atoms with Gasteiger partial charge in [-0.1, -0.05) is 0 Å². The average Bonchev–Trinajstić information content (AvgIpc) is 2.87. The topological polar surface area (TPSA) is 74.8 Å². The molecule has 5 fully saturated rings. The van der Waals surface area contributed by atoms with E-state index in [4.69, 9.17) is 4.74 Å². The summed E-state index contributed by atoms with van der Waals surface area (Å²) in [5.41, 5.74) is 1.17. The quantitative estimate of drug-likeness (QED) is 0.662. The summed E-state index contributed by atoms with van der Waals surface area (Å²) in [5.74, 6) is 2.63. The molecule has 5 aliphatic rings. The number of fused-ring (bicyclic) bond motifs is 1. The van der Waals surface area contributed by atoms with Crippen molar-refractivity contribution in [3.63, 3.8) is 0 Å². The first-order valence-electron chi connectivity index (χ1n) is 13.3. The van der Waals surface area contributed by atoms with Crippen molar-refractivity contribution < 1.29 is 14.3 Å². The Bertz CT molecular complexity index is 1090. The number of rotatable bonds is 5. The number of aromatic nitrogens is 1. The Morgan fingerprint density at radius 3 is 2.34 bits per heavy atom. The summed E-state index contributed by atoms with van der Waals surface area (Å²) in [6, 6.07) is 5.40. The van der Waals surface area contributed by atoms with Crippen molar-refractivity contribution in [3.05, 3.63) is 30.6 Å². The van der Waals surface area contributed by atoms with E-state index in [1.54, 1.807) is 36.5 Å². The number of pyridine rings is 1. The number of anilines is 1. The largest absolute Gasteiger partial charge is 0.496 e. The highest BCUT2D eigenvalue weighted by molar-refractivity contribution is 6.40. The number of amides is 2. The molecule has 4 aliphatic carbocycles. The number of carbonyl (C=O) groups excluding carboxylic acids is 2. The summed E-state index contributed by atoms with van der Waals surface area (Å²) >= 11 is 0. The molecular weight excluding hydrogens is 440 g/mol. The van der Waals surface area contributed by atoms with Crippen LogP contribution in [0.4, 0.5) is 5.69 Å². The standard InChI is InChI=1S/C28H36N4O3/c1-35-25-3-2-24(23-18-29-6-4-22(23)25)30-26(33)27(34)32-10-8-31(9-11-32)7-5-28-15-19-12-20(16-28)14-21(13-19)17-28/h2-4,6,18-21H,5,7-17H2,1H3,(H,30,33). The number of nitrogens with one attached hydrogen (secondary N) is 1. The number of hydrogen-bond donors (Lipinski definition) is 1. The van der Waals surface area contributed by atoms with Crippen molar-refractivity contribution in [2.45, 2.75) is 44.9 Å². The normalized spacial score (nSPS) is 30.0. The Kier molecular flexibility index (Phi) is 5.91. The molecule has 1 aliphatic heterocycles. The number of nitrogens with zero attached hydrogens (tertiary/aromatic N) is 3. The predicted molar refractivity (Wildman–Crippen MR) is 135 cm³/mol. The van der Waals surface area contributed by atoms with Crippen LogP contribution in [0.25, 0.3) is 10.8 Å². The number of methoxy groups -OCH3 is 1. The zero-order valence-corrected chi connectivity index (χ0v) is 20.7. The molecule has 1 aromatic heterocycles. The molecule has 7 heteroatoms. The van der Waals surface area contributed by atoms with Crippen LogP contribution >= 0.6 is 0 Å². The summed E-state index contributed by atoms with van der Waals surface area (Å²) < 4.78 is 5.41. The van der Waals surface area contributed by atoms with Crippen molar-refractivity contribution in [2.24, 2.45) is 23.2 Å². The number of carbonyl (C=O) groups is 2. The van der Waals surface area contributed by atoms with E-state index in [0.717, 1.165) is 48.2 Å². The Labute approximate surface area is 207 Å². The minimum absolute atomic E-state index is 0.460. The number of ether oxygens (including phenoxy) is 1. The zero-order chi connectivity index (χ0) is 24.0. The van der Waals surface area contributed by atoms with Crippen LogP contribution in [0.3, 0.4) is 0 Å². The molecule has 0 atom stereocenters. The molecule has 7 nitrogen and oxygen atoms in total. The maximum atomic E-state index is 12.9. The predicted octanol–water partition coefficient (Wildman–Crippen LogP) is 3.93. The van der Waals surface area contributed by atoms with Crippen LogP contribution in [0.2, 0.25) is 0 Å². The Morgan fingerprint density at radius 2 is 1.69 bits per heavy atom. The minimum Gasteiger partial charge on any atom is -0.496 e. The lowest BCUT2D eigenvalue weighted by molar-refractivity contribution is -0.144. The van der Waals surface area contributed by atoms with Crippen molar-refractivity contribution in [1.82, 2.24) is 14.8 Å². The lowest BCUT2D eigenvalue weighted by atomic mass is 9.49. The van der Waals surface area contributed by atoms with Gasteiger partial charge >= 0.3 is 11.8 Å². The van der Waals surface area contributed by atoms with Gasteiger partial charge in [-0.3, -0.25) is 19.5 Å². The van der Waals surface area contributed by atoms with Gasteiger partial charge in [0, 0.05) is 49.3 Å². The number of benzene rings is 1. The van der Waals surface area contributed by atoms with Crippen LogP contribution in [0, 0.1) is 23.2 Å². The maximum Gasteiger partial charge on any atom is 0.313 e. The smallest absolute Gasteiger partial charge is 0.313 e. The molecule has 4 saturated carbocycles. The summed E-state index contributed by atoms with van der Waals surface area (Å²) in [7, 11) is 1.61. The van der Waals surface area contributed by atoms with Gasteiger partial charge in [0.1, 0.15) is 5.75 Å². The molecule has 7 rings (SSSR count). The lowest BCUT2D eigenvalue weighted by Crippen LogP contribution is -2.53. The Morgan fingerprint density at radius 1 is 1.00 bits per heavy atom. The van der Waals surface area contributed by atoms with Gasteiger partial charge in [-0.05, 0) is 92.9 Å². The molecule has 1 saturated heterocycles. The molecule has 2 heterocycles. The van der Waals surface area contributed by atoms with E-state index in [1.165, 1.54) is 44.9 Å². The third kappa shape index (κ3) is 4.39. The number of piperazine rings is 1. The van der Waals surface area contributed by atoms with E-state index >= 15 is 0 Å². The first kappa shape index (κ1) is 22.8. The van der Waals surface area contributed by atoms with Gasteiger partial charge in [0.05, 0.1) is 12.8 Å². The monoisotopic (exact) mass is 476 g/mol. The third-order valence-electron chi connectivity index (χ3n) is 9.22. The highest BCUT2D eigenvalue weighted by atomic mass is 16.5. The summed E-state index contributed by atoms with van der Waals surface area (Å²) in [6.45, 7) is 4.04. The third-order valence-corrected chi connectivity index (χ3v) is 9.22. The molecule has 2 amide bonds. The highest BCUT2D eigenvalue weighted by Crippen LogP contribution is 2.61. The fraction of sp³-hybridized carbons (Fsp3) is 0.607.